The molecule has 5 heteroatoms. The van der Waals surface area contributed by atoms with Gasteiger partial charge in [-0.2, -0.15) is 0 Å². The standard InChI is InChI=1S/C14H18ClNO3/c1-9-12(6-7-19-9)14(18)16-13(8-17)10-2-4-11(15)5-3-10/h2-5,9,12-13,17H,6-8H2,1H3,(H,16,18). The lowest BCUT2D eigenvalue weighted by atomic mass is 10.00. The second-order valence-corrected chi connectivity index (χ2v) is 5.20. The number of hydrogen-bond donors (Lipinski definition) is 2. The second-order valence-electron chi connectivity index (χ2n) is 4.77. The zero-order valence-electron chi connectivity index (χ0n) is 10.8. The number of hydrogen-bond acceptors (Lipinski definition) is 3. The lowest BCUT2D eigenvalue weighted by Crippen LogP contribution is -2.38. The summed E-state index contributed by atoms with van der Waals surface area (Å²) >= 11 is 5.82. The van der Waals surface area contributed by atoms with E-state index in [1.54, 1.807) is 24.3 Å². The Bertz CT molecular complexity index is 435. The average Bonchev–Trinajstić information content (AvgIpc) is 2.83. The molecule has 0 saturated carbocycles. The maximum Gasteiger partial charge on any atom is 0.226 e. The maximum atomic E-state index is 12.1. The first-order valence-electron chi connectivity index (χ1n) is 6.40. The zero-order valence-corrected chi connectivity index (χ0v) is 11.6. The van der Waals surface area contributed by atoms with Crippen molar-refractivity contribution in [3.63, 3.8) is 0 Å². The van der Waals surface area contributed by atoms with Crippen molar-refractivity contribution in [3.8, 4) is 0 Å². The predicted octanol–water partition coefficient (Wildman–Crippen LogP) is 1.91. The Morgan fingerprint density at radius 2 is 2.21 bits per heavy atom. The smallest absolute Gasteiger partial charge is 0.226 e. The molecule has 2 N–H and O–H groups in total. The molecule has 2 rings (SSSR count). The van der Waals surface area contributed by atoms with Crippen molar-refractivity contribution in [3.05, 3.63) is 34.9 Å². The fourth-order valence-corrected chi connectivity index (χ4v) is 2.41. The van der Waals surface area contributed by atoms with Crippen LogP contribution in [0.4, 0.5) is 0 Å². The molecule has 1 aromatic carbocycles. The van der Waals surface area contributed by atoms with Crippen LogP contribution < -0.4 is 5.32 Å². The van der Waals surface area contributed by atoms with Crippen molar-refractivity contribution in [2.75, 3.05) is 13.2 Å². The summed E-state index contributed by atoms with van der Waals surface area (Å²) in [6.45, 7) is 2.37. The van der Waals surface area contributed by atoms with Crippen molar-refractivity contribution in [2.45, 2.75) is 25.5 Å². The van der Waals surface area contributed by atoms with Gasteiger partial charge in [-0.15, -0.1) is 0 Å². The van der Waals surface area contributed by atoms with Gasteiger partial charge in [-0.1, -0.05) is 23.7 Å². The highest BCUT2D eigenvalue weighted by Gasteiger charge is 2.31. The van der Waals surface area contributed by atoms with Gasteiger partial charge in [-0.05, 0) is 31.0 Å². The van der Waals surface area contributed by atoms with Crippen LogP contribution in [-0.2, 0) is 9.53 Å². The van der Waals surface area contributed by atoms with E-state index in [1.165, 1.54) is 0 Å². The average molecular weight is 284 g/mol. The first-order chi connectivity index (χ1) is 9.11. The van der Waals surface area contributed by atoms with Gasteiger partial charge in [0.05, 0.1) is 24.7 Å². The minimum absolute atomic E-state index is 0.0652. The molecular formula is C14H18ClNO3. The third-order valence-corrected chi connectivity index (χ3v) is 3.74. The zero-order chi connectivity index (χ0) is 13.8. The third-order valence-electron chi connectivity index (χ3n) is 3.48. The SMILES string of the molecule is CC1OCCC1C(=O)NC(CO)c1ccc(Cl)cc1. The summed E-state index contributed by atoms with van der Waals surface area (Å²) in [7, 11) is 0. The molecule has 0 aliphatic carbocycles. The van der Waals surface area contributed by atoms with E-state index in [-0.39, 0.29) is 24.5 Å². The molecule has 1 aliphatic rings. The Kier molecular flexibility index (Phi) is 4.80. The van der Waals surface area contributed by atoms with E-state index in [1.807, 2.05) is 6.92 Å². The minimum Gasteiger partial charge on any atom is -0.394 e. The van der Waals surface area contributed by atoms with Gasteiger partial charge in [0.1, 0.15) is 0 Å². The topological polar surface area (TPSA) is 58.6 Å². The Balaban J connectivity index is 2.02. The van der Waals surface area contributed by atoms with Gasteiger partial charge in [0.25, 0.3) is 0 Å². The fraction of sp³-hybridized carbons (Fsp3) is 0.500. The van der Waals surface area contributed by atoms with Gasteiger partial charge in [0.2, 0.25) is 5.91 Å². The molecule has 4 nitrogen and oxygen atoms in total. The highest BCUT2D eigenvalue weighted by Crippen LogP contribution is 2.22. The van der Waals surface area contributed by atoms with Crippen molar-refractivity contribution in [1.29, 1.82) is 0 Å². The van der Waals surface area contributed by atoms with Gasteiger partial charge in [-0.25, -0.2) is 0 Å². The lowest BCUT2D eigenvalue weighted by molar-refractivity contribution is -0.127. The molecule has 0 bridgehead atoms. The molecule has 19 heavy (non-hydrogen) atoms. The van der Waals surface area contributed by atoms with Crippen LogP contribution in [0.2, 0.25) is 5.02 Å². The van der Waals surface area contributed by atoms with E-state index in [2.05, 4.69) is 5.32 Å². The Hall–Kier alpha value is -1.10. The monoisotopic (exact) mass is 283 g/mol. The van der Waals surface area contributed by atoms with Gasteiger partial charge in [0.15, 0.2) is 0 Å². The molecule has 1 amide bonds. The molecule has 3 unspecified atom stereocenters. The van der Waals surface area contributed by atoms with Gasteiger partial charge in [-0.3, -0.25) is 4.79 Å². The first-order valence-corrected chi connectivity index (χ1v) is 6.78. The second kappa shape index (κ2) is 6.37. The van der Waals surface area contributed by atoms with E-state index in [9.17, 15) is 9.90 Å². The number of aliphatic hydroxyl groups excluding tert-OH is 1. The van der Waals surface area contributed by atoms with Crippen LogP contribution in [-0.4, -0.2) is 30.3 Å². The molecular weight excluding hydrogens is 266 g/mol. The molecule has 1 fully saturated rings. The lowest BCUT2D eigenvalue weighted by Gasteiger charge is -2.20. The summed E-state index contributed by atoms with van der Waals surface area (Å²) in [6.07, 6.45) is 0.663. The largest absolute Gasteiger partial charge is 0.394 e. The molecule has 1 aliphatic heterocycles. The molecule has 0 spiro atoms. The molecule has 1 saturated heterocycles. The number of amides is 1. The van der Waals surface area contributed by atoms with Crippen molar-refractivity contribution < 1.29 is 14.6 Å². The van der Waals surface area contributed by atoms with E-state index < -0.39 is 6.04 Å². The number of benzene rings is 1. The molecule has 104 valence electrons. The Labute approximate surface area is 117 Å². The van der Waals surface area contributed by atoms with Crippen LogP contribution in [0.25, 0.3) is 0 Å². The quantitative estimate of drug-likeness (QED) is 0.887. The van der Waals surface area contributed by atoms with Crippen molar-refractivity contribution in [2.24, 2.45) is 5.92 Å². The van der Waals surface area contributed by atoms with Crippen LogP contribution in [0.15, 0.2) is 24.3 Å². The van der Waals surface area contributed by atoms with E-state index in [0.717, 1.165) is 12.0 Å². The number of ether oxygens (including phenoxy) is 1. The van der Waals surface area contributed by atoms with Crippen molar-refractivity contribution in [1.82, 2.24) is 5.32 Å². The maximum absolute atomic E-state index is 12.1. The number of halogens is 1. The van der Waals surface area contributed by atoms with E-state index in [4.69, 9.17) is 16.3 Å². The summed E-state index contributed by atoms with van der Waals surface area (Å²) in [6, 6.07) is 6.69. The van der Waals surface area contributed by atoms with Crippen LogP contribution >= 0.6 is 11.6 Å². The summed E-state index contributed by atoms with van der Waals surface area (Å²) in [5, 5.41) is 12.9. The Morgan fingerprint density at radius 1 is 1.53 bits per heavy atom. The van der Waals surface area contributed by atoms with Crippen LogP contribution in [0.1, 0.15) is 24.9 Å². The molecule has 0 aromatic heterocycles. The Morgan fingerprint density at radius 3 is 2.74 bits per heavy atom. The third kappa shape index (κ3) is 3.47. The number of carbonyl (C=O) groups excluding carboxylic acids is 1. The van der Waals surface area contributed by atoms with Crippen LogP contribution in [0, 0.1) is 5.92 Å². The number of rotatable bonds is 4. The molecule has 3 atom stereocenters. The summed E-state index contributed by atoms with van der Waals surface area (Å²) < 4.78 is 5.38. The highest BCUT2D eigenvalue weighted by atomic mass is 35.5. The number of carbonyl (C=O) groups is 1. The summed E-state index contributed by atoms with van der Waals surface area (Å²) in [5.41, 5.74) is 0.840. The van der Waals surface area contributed by atoms with Crippen LogP contribution in [0.3, 0.4) is 0 Å². The number of nitrogens with one attached hydrogen (secondary N) is 1. The number of aliphatic hydroxyl groups is 1. The van der Waals surface area contributed by atoms with Gasteiger partial charge >= 0.3 is 0 Å². The summed E-state index contributed by atoms with van der Waals surface area (Å²) in [5.74, 6) is -0.208. The normalized spacial score (nSPS) is 24.2. The fourth-order valence-electron chi connectivity index (χ4n) is 2.28. The molecule has 1 aromatic rings. The van der Waals surface area contributed by atoms with Crippen LogP contribution in [0.5, 0.6) is 0 Å². The van der Waals surface area contributed by atoms with E-state index >= 15 is 0 Å². The predicted molar refractivity (Wildman–Crippen MR) is 72.9 cm³/mol. The first kappa shape index (κ1) is 14.3. The molecule has 0 radical (unpaired) electrons. The van der Waals surface area contributed by atoms with Gasteiger partial charge < -0.3 is 15.2 Å². The van der Waals surface area contributed by atoms with Gasteiger partial charge in [0, 0.05) is 11.6 Å². The van der Waals surface area contributed by atoms with Crippen molar-refractivity contribution >= 4 is 17.5 Å². The summed E-state index contributed by atoms with van der Waals surface area (Å²) in [4.78, 5) is 12.1. The van der Waals surface area contributed by atoms with E-state index in [0.29, 0.717) is 11.6 Å². The highest BCUT2D eigenvalue weighted by molar-refractivity contribution is 6.30. The molecule has 1 heterocycles. The minimum atomic E-state index is -0.405.